The zero-order chi connectivity index (χ0) is 28.9. The van der Waals surface area contributed by atoms with Crippen molar-refractivity contribution in [2.45, 2.75) is 46.6 Å². The summed E-state index contributed by atoms with van der Waals surface area (Å²) in [6.07, 6.45) is 2.36. The molecule has 2 aromatic carbocycles. The predicted octanol–water partition coefficient (Wildman–Crippen LogP) is 6.38. The molecule has 0 saturated heterocycles. The van der Waals surface area contributed by atoms with Gasteiger partial charge in [0.1, 0.15) is 12.3 Å². The van der Waals surface area contributed by atoms with Gasteiger partial charge in [0.2, 0.25) is 5.91 Å². The molecule has 216 valence electrons. The van der Waals surface area contributed by atoms with Gasteiger partial charge in [-0.25, -0.2) is 4.79 Å². The number of hydrogen-bond donors (Lipinski definition) is 1. The van der Waals surface area contributed by atoms with Gasteiger partial charge in [-0.2, -0.15) is 0 Å². The molecule has 0 aliphatic rings. The average molecular weight is 568 g/mol. The quantitative estimate of drug-likeness (QED) is 0.231. The number of carbonyl (C=O) groups is 2. The molecule has 0 saturated carbocycles. The van der Waals surface area contributed by atoms with Crippen LogP contribution in [0, 0.1) is 6.92 Å². The molecular weight excluding hydrogens is 526 g/mol. The third kappa shape index (κ3) is 9.19. The van der Waals surface area contributed by atoms with E-state index in [2.05, 4.69) is 31.3 Å². The van der Waals surface area contributed by atoms with E-state index in [1.807, 2.05) is 42.2 Å². The van der Waals surface area contributed by atoms with Crippen molar-refractivity contribution in [3.63, 3.8) is 0 Å². The predicted molar refractivity (Wildman–Crippen MR) is 161 cm³/mol. The Morgan fingerprint density at radius 1 is 0.900 bits per heavy atom. The fourth-order valence-electron chi connectivity index (χ4n) is 4.22. The number of aryl methyl sites for hydroxylation is 1. The van der Waals surface area contributed by atoms with Gasteiger partial charge in [0.25, 0.3) is 0 Å². The Kier molecular flexibility index (Phi) is 12.1. The van der Waals surface area contributed by atoms with Gasteiger partial charge in [-0.05, 0) is 80.8 Å². The summed E-state index contributed by atoms with van der Waals surface area (Å²) in [5.41, 5.74) is 1.69. The van der Waals surface area contributed by atoms with Crippen LogP contribution in [0.15, 0.2) is 54.6 Å². The molecule has 40 heavy (non-hydrogen) atoms. The smallest absolute Gasteiger partial charge is 0.322 e. The maximum Gasteiger partial charge on any atom is 0.322 e. The minimum absolute atomic E-state index is 0.000840. The minimum atomic E-state index is -0.294. The van der Waals surface area contributed by atoms with Gasteiger partial charge >= 0.3 is 6.03 Å². The van der Waals surface area contributed by atoms with E-state index >= 15 is 0 Å². The molecule has 0 aliphatic carbocycles. The molecule has 8 nitrogen and oxygen atoms in total. The number of anilines is 1. The summed E-state index contributed by atoms with van der Waals surface area (Å²) in [6.45, 7) is 8.12. The Bertz CT molecular complexity index is 1230. The highest BCUT2D eigenvalue weighted by atomic mass is 32.1. The van der Waals surface area contributed by atoms with E-state index in [0.717, 1.165) is 29.0 Å². The van der Waals surface area contributed by atoms with E-state index in [-0.39, 0.29) is 18.5 Å². The van der Waals surface area contributed by atoms with Crippen LogP contribution in [-0.2, 0) is 17.8 Å². The average Bonchev–Trinajstić information content (AvgIpc) is 3.38. The normalized spacial score (nSPS) is 10.6. The highest BCUT2D eigenvalue weighted by molar-refractivity contribution is 7.11. The van der Waals surface area contributed by atoms with Crippen molar-refractivity contribution in [3.05, 3.63) is 69.9 Å². The van der Waals surface area contributed by atoms with Crippen molar-refractivity contribution >= 4 is 29.0 Å². The van der Waals surface area contributed by atoms with E-state index in [4.69, 9.17) is 14.2 Å². The molecule has 3 rings (SSSR count). The van der Waals surface area contributed by atoms with Gasteiger partial charge in [0.15, 0.2) is 11.5 Å². The molecule has 1 N–H and O–H groups in total. The highest BCUT2D eigenvalue weighted by Gasteiger charge is 2.22. The number of nitrogens with one attached hydrogen (secondary N) is 1. The number of thiophene rings is 1. The minimum Gasteiger partial charge on any atom is -0.494 e. The molecule has 1 aromatic heterocycles. The van der Waals surface area contributed by atoms with Crippen molar-refractivity contribution < 1.29 is 23.8 Å². The van der Waals surface area contributed by atoms with Crippen LogP contribution in [0.2, 0.25) is 0 Å². The first-order valence-corrected chi connectivity index (χ1v) is 14.5. The molecule has 0 atom stereocenters. The van der Waals surface area contributed by atoms with Crippen LogP contribution in [0.1, 0.15) is 42.0 Å². The van der Waals surface area contributed by atoms with Crippen molar-refractivity contribution in [1.29, 1.82) is 0 Å². The van der Waals surface area contributed by atoms with Crippen LogP contribution >= 0.6 is 11.3 Å². The Balaban J connectivity index is 1.73. The number of amides is 3. The number of hydrogen-bond acceptors (Lipinski definition) is 6. The zero-order valence-electron chi connectivity index (χ0n) is 24.2. The molecular formula is C31H41N3O5S. The van der Waals surface area contributed by atoms with E-state index in [1.54, 1.807) is 42.6 Å². The summed E-state index contributed by atoms with van der Waals surface area (Å²) in [5.74, 6) is 1.97. The molecule has 0 radical (unpaired) electrons. The summed E-state index contributed by atoms with van der Waals surface area (Å²) in [7, 11) is 3.22. The Morgan fingerprint density at radius 3 is 2.27 bits per heavy atom. The van der Waals surface area contributed by atoms with E-state index in [1.165, 1.54) is 4.88 Å². The van der Waals surface area contributed by atoms with Crippen molar-refractivity contribution in [3.8, 4) is 17.2 Å². The number of unbranched alkanes of at least 4 members (excludes halogenated alkanes) is 1. The van der Waals surface area contributed by atoms with E-state index in [0.29, 0.717) is 49.8 Å². The number of rotatable bonds is 15. The summed E-state index contributed by atoms with van der Waals surface area (Å²) in [5, 5.41) is 2.94. The van der Waals surface area contributed by atoms with Crippen LogP contribution < -0.4 is 19.5 Å². The Morgan fingerprint density at radius 2 is 1.65 bits per heavy atom. The Labute approximate surface area is 241 Å². The van der Waals surface area contributed by atoms with Crippen molar-refractivity contribution in [2.24, 2.45) is 0 Å². The summed E-state index contributed by atoms with van der Waals surface area (Å²) < 4.78 is 16.3. The molecule has 1 heterocycles. The Hall–Kier alpha value is -3.72. The first-order valence-electron chi connectivity index (χ1n) is 13.7. The first kappa shape index (κ1) is 30.8. The van der Waals surface area contributed by atoms with Gasteiger partial charge in [0, 0.05) is 28.5 Å². The third-order valence-corrected chi connectivity index (χ3v) is 7.41. The zero-order valence-corrected chi connectivity index (χ0v) is 25.0. The molecule has 0 spiro atoms. The van der Waals surface area contributed by atoms with Crippen LogP contribution in [0.5, 0.6) is 17.2 Å². The van der Waals surface area contributed by atoms with Gasteiger partial charge < -0.3 is 29.3 Å². The maximum absolute atomic E-state index is 13.7. The van der Waals surface area contributed by atoms with E-state index < -0.39 is 0 Å². The maximum atomic E-state index is 13.7. The highest BCUT2D eigenvalue weighted by Crippen LogP contribution is 2.28. The number of urea groups is 1. The fourth-order valence-corrected chi connectivity index (χ4v) is 5.12. The largest absolute Gasteiger partial charge is 0.494 e. The SMILES string of the molecule is CCCCN(CC(=O)N(CCc1ccc(OC)c(OC)c1)Cc1ccc(C)s1)C(=O)Nc1ccc(OCC)cc1. The van der Waals surface area contributed by atoms with Crippen LogP contribution in [0.4, 0.5) is 10.5 Å². The van der Waals surface area contributed by atoms with Crippen LogP contribution in [-0.4, -0.2) is 62.2 Å². The molecule has 0 bridgehead atoms. The molecule has 0 aliphatic heterocycles. The number of nitrogens with zero attached hydrogens (tertiary/aromatic N) is 2. The molecule has 3 amide bonds. The lowest BCUT2D eigenvalue weighted by molar-refractivity contribution is -0.132. The monoisotopic (exact) mass is 567 g/mol. The molecule has 9 heteroatoms. The lowest BCUT2D eigenvalue weighted by Gasteiger charge is -2.28. The van der Waals surface area contributed by atoms with Gasteiger partial charge in [-0.3, -0.25) is 4.79 Å². The molecule has 0 unspecified atom stereocenters. The second-order valence-corrected chi connectivity index (χ2v) is 10.8. The topological polar surface area (TPSA) is 80.3 Å². The van der Waals surface area contributed by atoms with Gasteiger partial charge in [-0.1, -0.05) is 19.4 Å². The number of methoxy groups -OCH3 is 2. The lowest BCUT2D eigenvalue weighted by Crippen LogP contribution is -2.45. The fraction of sp³-hybridized carbons (Fsp3) is 0.419. The summed E-state index contributed by atoms with van der Waals surface area (Å²) >= 11 is 1.68. The summed E-state index contributed by atoms with van der Waals surface area (Å²) in [6, 6.07) is 16.9. The van der Waals surface area contributed by atoms with Gasteiger partial charge in [0.05, 0.1) is 27.4 Å². The van der Waals surface area contributed by atoms with Crippen molar-refractivity contribution in [2.75, 3.05) is 45.8 Å². The summed E-state index contributed by atoms with van der Waals surface area (Å²) in [4.78, 5) is 32.7. The van der Waals surface area contributed by atoms with E-state index in [9.17, 15) is 9.59 Å². The van der Waals surface area contributed by atoms with Gasteiger partial charge in [-0.15, -0.1) is 11.3 Å². The number of benzene rings is 2. The van der Waals surface area contributed by atoms with Crippen LogP contribution in [0.25, 0.3) is 0 Å². The second kappa shape index (κ2) is 15.8. The third-order valence-electron chi connectivity index (χ3n) is 6.43. The molecule has 0 fully saturated rings. The number of ether oxygens (including phenoxy) is 3. The molecule has 3 aromatic rings. The first-order chi connectivity index (χ1) is 19.4. The van der Waals surface area contributed by atoms with Crippen LogP contribution in [0.3, 0.4) is 0 Å². The lowest BCUT2D eigenvalue weighted by atomic mass is 10.1. The number of carbonyl (C=O) groups excluding carboxylic acids is 2. The second-order valence-electron chi connectivity index (χ2n) is 9.43. The van der Waals surface area contributed by atoms with Crippen molar-refractivity contribution in [1.82, 2.24) is 9.80 Å². The standard InChI is InChI=1S/C31H41N3O5S/c1-6-8-18-34(31(36)32-25-11-13-26(14-12-25)39-7-2)22-30(35)33(21-27-15-9-23(3)40-27)19-17-24-10-16-28(37-4)29(20-24)38-5/h9-16,20H,6-8,17-19,21-22H2,1-5H3,(H,32,36).